The second kappa shape index (κ2) is 9.66. The number of carbonyl (C=O) groups is 4. The third-order valence-electron chi connectivity index (χ3n) is 4.90. The zero-order valence-electron chi connectivity index (χ0n) is 15.5. The third kappa shape index (κ3) is 4.51. The number of carbonyl (C=O) groups excluding carboxylic acids is 4. The summed E-state index contributed by atoms with van der Waals surface area (Å²) in [6.45, 7) is 1.47. The lowest BCUT2D eigenvalue weighted by Gasteiger charge is -2.27. The topological polar surface area (TPSA) is 122 Å². The molecule has 0 bridgehead atoms. The fraction of sp³-hybridized carbons (Fsp3) is 0.474. The number of unbranched alkanes of at least 4 members (excludes halogenated alkanes) is 3. The normalized spacial score (nSPS) is 18.6. The van der Waals surface area contributed by atoms with Gasteiger partial charge in [-0.05, 0) is 44.0 Å². The molecule has 8 nitrogen and oxygen atoms in total. The lowest BCUT2D eigenvalue weighted by Crippen LogP contribution is -2.54. The van der Waals surface area contributed by atoms with Crippen LogP contribution in [0.4, 0.5) is 5.69 Å². The Kier molecular flexibility index (Phi) is 7.53. The molecule has 0 radical (unpaired) electrons. The van der Waals surface area contributed by atoms with Gasteiger partial charge in [0.1, 0.15) is 6.04 Å². The molecule has 0 saturated carbocycles. The molecular formula is C19H25ClN4O4. The average molecular weight is 409 g/mol. The van der Waals surface area contributed by atoms with Gasteiger partial charge in [-0.3, -0.25) is 29.4 Å². The van der Waals surface area contributed by atoms with Crippen molar-refractivity contribution >= 4 is 41.7 Å². The fourth-order valence-corrected chi connectivity index (χ4v) is 3.44. The Balaban J connectivity index is 0.00000280. The number of hydrogen-bond acceptors (Lipinski definition) is 6. The minimum atomic E-state index is -0.936. The molecular weight excluding hydrogens is 384 g/mol. The standard InChI is InChI=1S/C19H24N4O4.ClH/c20-9-3-1-2-4-10-21-12-5-6-13-14(11-12)19(27)23(18(13)26)15-7-8-16(24)22-17(15)25;/h5-6,11,15,21H,1-4,7-10,20H2,(H,22,24,25);1H. The molecule has 2 aliphatic rings. The molecule has 0 aliphatic carbocycles. The zero-order chi connectivity index (χ0) is 19.4. The van der Waals surface area contributed by atoms with Gasteiger partial charge in [0, 0.05) is 18.7 Å². The van der Waals surface area contributed by atoms with Gasteiger partial charge >= 0.3 is 0 Å². The first-order valence-corrected chi connectivity index (χ1v) is 9.32. The van der Waals surface area contributed by atoms with E-state index in [1.165, 1.54) is 0 Å². The highest BCUT2D eigenvalue weighted by atomic mass is 35.5. The third-order valence-corrected chi connectivity index (χ3v) is 4.90. The molecule has 0 spiro atoms. The number of hydrogen-bond donors (Lipinski definition) is 3. The van der Waals surface area contributed by atoms with E-state index in [-0.39, 0.29) is 42.3 Å². The summed E-state index contributed by atoms with van der Waals surface area (Å²) in [6.07, 6.45) is 4.45. The van der Waals surface area contributed by atoms with Gasteiger partial charge in [0.05, 0.1) is 11.1 Å². The van der Waals surface area contributed by atoms with E-state index >= 15 is 0 Å². The van der Waals surface area contributed by atoms with Crippen LogP contribution in [0.25, 0.3) is 0 Å². The Hall–Kier alpha value is -2.45. The maximum Gasteiger partial charge on any atom is 0.262 e. The summed E-state index contributed by atoms with van der Waals surface area (Å²) in [5.74, 6) is -1.96. The molecule has 2 aliphatic heterocycles. The molecule has 1 saturated heterocycles. The quantitative estimate of drug-likeness (QED) is 0.442. The second-order valence-electron chi connectivity index (χ2n) is 6.84. The van der Waals surface area contributed by atoms with Gasteiger partial charge < -0.3 is 11.1 Å². The molecule has 1 aromatic carbocycles. The van der Waals surface area contributed by atoms with Crippen LogP contribution in [0, 0.1) is 0 Å². The molecule has 4 amide bonds. The highest BCUT2D eigenvalue weighted by molar-refractivity contribution is 6.23. The van der Waals surface area contributed by atoms with Gasteiger partial charge in [0.25, 0.3) is 11.8 Å². The number of benzene rings is 1. The van der Waals surface area contributed by atoms with Gasteiger partial charge in [-0.2, -0.15) is 0 Å². The number of piperidine rings is 1. The monoisotopic (exact) mass is 408 g/mol. The average Bonchev–Trinajstić information content (AvgIpc) is 2.89. The summed E-state index contributed by atoms with van der Waals surface area (Å²) < 4.78 is 0. The SMILES string of the molecule is Cl.NCCCCCCNc1ccc2c(c1)C(=O)N(C1CCC(=O)NC1=O)C2=O. The summed E-state index contributed by atoms with van der Waals surface area (Å²) in [7, 11) is 0. The van der Waals surface area contributed by atoms with Crippen molar-refractivity contribution in [1.82, 2.24) is 10.2 Å². The van der Waals surface area contributed by atoms with Crippen LogP contribution in [0.5, 0.6) is 0 Å². The highest BCUT2D eigenvalue weighted by Crippen LogP contribution is 2.29. The van der Waals surface area contributed by atoms with Crippen LogP contribution in [0.1, 0.15) is 59.2 Å². The van der Waals surface area contributed by atoms with E-state index in [2.05, 4.69) is 10.6 Å². The number of nitrogens with two attached hydrogens (primary N) is 1. The van der Waals surface area contributed by atoms with Gasteiger partial charge in [-0.15, -0.1) is 12.4 Å². The van der Waals surface area contributed by atoms with Gasteiger partial charge in [-0.25, -0.2) is 0 Å². The fourth-order valence-electron chi connectivity index (χ4n) is 3.44. The van der Waals surface area contributed by atoms with Crippen LogP contribution >= 0.6 is 12.4 Å². The van der Waals surface area contributed by atoms with Crippen molar-refractivity contribution in [3.8, 4) is 0 Å². The molecule has 28 heavy (non-hydrogen) atoms. The predicted molar refractivity (Wildman–Crippen MR) is 106 cm³/mol. The minimum Gasteiger partial charge on any atom is -0.385 e. The molecule has 9 heteroatoms. The van der Waals surface area contributed by atoms with Crippen molar-refractivity contribution in [3.63, 3.8) is 0 Å². The van der Waals surface area contributed by atoms with E-state index in [0.717, 1.165) is 42.8 Å². The Morgan fingerprint density at radius 1 is 1.04 bits per heavy atom. The van der Waals surface area contributed by atoms with Gasteiger partial charge in [-0.1, -0.05) is 12.8 Å². The number of fused-ring (bicyclic) bond motifs is 1. The lowest BCUT2D eigenvalue weighted by molar-refractivity contribution is -0.136. The van der Waals surface area contributed by atoms with Crippen LogP contribution in [-0.4, -0.2) is 47.7 Å². The van der Waals surface area contributed by atoms with E-state index in [4.69, 9.17) is 5.73 Å². The Bertz CT molecular complexity index is 783. The maximum atomic E-state index is 12.7. The smallest absolute Gasteiger partial charge is 0.262 e. The summed E-state index contributed by atoms with van der Waals surface area (Å²) in [6, 6.07) is 4.09. The van der Waals surface area contributed by atoms with Crippen LogP contribution in [0.15, 0.2) is 18.2 Å². The molecule has 1 fully saturated rings. The van der Waals surface area contributed by atoms with E-state index in [1.807, 2.05) is 0 Å². The number of rotatable bonds is 8. The molecule has 1 aromatic rings. The minimum absolute atomic E-state index is 0. The van der Waals surface area contributed by atoms with Crippen molar-refractivity contribution in [2.24, 2.45) is 5.73 Å². The molecule has 4 N–H and O–H groups in total. The number of anilines is 1. The Morgan fingerprint density at radius 3 is 2.46 bits per heavy atom. The summed E-state index contributed by atoms with van der Waals surface area (Å²) in [5.41, 5.74) is 6.81. The van der Waals surface area contributed by atoms with Crippen LogP contribution < -0.4 is 16.4 Å². The molecule has 1 unspecified atom stereocenters. The Morgan fingerprint density at radius 2 is 1.75 bits per heavy atom. The number of nitrogens with one attached hydrogen (secondary N) is 2. The van der Waals surface area contributed by atoms with Gasteiger partial charge in [0.2, 0.25) is 11.8 Å². The number of halogens is 1. The van der Waals surface area contributed by atoms with Crippen LogP contribution in [0.3, 0.4) is 0 Å². The molecule has 0 aromatic heterocycles. The molecule has 3 rings (SSSR count). The van der Waals surface area contributed by atoms with E-state index in [0.29, 0.717) is 6.54 Å². The molecule has 152 valence electrons. The van der Waals surface area contributed by atoms with E-state index in [1.54, 1.807) is 18.2 Å². The van der Waals surface area contributed by atoms with Crippen molar-refractivity contribution in [1.29, 1.82) is 0 Å². The first kappa shape index (κ1) is 21.8. The first-order chi connectivity index (χ1) is 13.0. The summed E-state index contributed by atoms with van der Waals surface area (Å²) in [4.78, 5) is 49.7. The van der Waals surface area contributed by atoms with E-state index < -0.39 is 23.8 Å². The van der Waals surface area contributed by atoms with Crippen molar-refractivity contribution in [3.05, 3.63) is 29.3 Å². The molecule has 2 heterocycles. The lowest BCUT2D eigenvalue weighted by atomic mass is 10.0. The Labute approximate surface area is 169 Å². The second-order valence-corrected chi connectivity index (χ2v) is 6.84. The number of amides is 4. The zero-order valence-corrected chi connectivity index (χ0v) is 16.3. The van der Waals surface area contributed by atoms with Gasteiger partial charge in [0.15, 0.2) is 0 Å². The van der Waals surface area contributed by atoms with Crippen molar-refractivity contribution < 1.29 is 19.2 Å². The van der Waals surface area contributed by atoms with Crippen molar-refractivity contribution in [2.75, 3.05) is 18.4 Å². The van der Waals surface area contributed by atoms with E-state index in [9.17, 15) is 19.2 Å². The highest BCUT2D eigenvalue weighted by Gasteiger charge is 2.44. The largest absolute Gasteiger partial charge is 0.385 e. The van der Waals surface area contributed by atoms with Crippen LogP contribution in [0.2, 0.25) is 0 Å². The predicted octanol–water partition coefficient (Wildman–Crippen LogP) is 1.44. The summed E-state index contributed by atoms with van der Waals surface area (Å²) in [5, 5.41) is 5.45. The number of imide groups is 2. The number of nitrogens with zero attached hydrogens (tertiary/aromatic N) is 1. The first-order valence-electron chi connectivity index (χ1n) is 9.32. The molecule has 1 atom stereocenters. The summed E-state index contributed by atoms with van der Waals surface area (Å²) >= 11 is 0. The maximum absolute atomic E-state index is 12.7. The van der Waals surface area contributed by atoms with Crippen LogP contribution in [-0.2, 0) is 9.59 Å². The van der Waals surface area contributed by atoms with Crippen molar-refractivity contribution in [2.45, 2.75) is 44.6 Å².